The van der Waals surface area contributed by atoms with Gasteiger partial charge in [-0.3, -0.25) is 0 Å². The van der Waals surface area contributed by atoms with E-state index >= 15 is 0 Å². The van der Waals surface area contributed by atoms with Crippen LogP contribution in [0.15, 0.2) is 12.3 Å². The Morgan fingerprint density at radius 2 is 2.42 bits per heavy atom. The van der Waals surface area contributed by atoms with Crippen molar-refractivity contribution in [3.05, 3.63) is 23.3 Å². The highest BCUT2D eigenvalue weighted by Gasteiger charge is 1.99. The van der Waals surface area contributed by atoms with Crippen molar-refractivity contribution in [1.29, 1.82) is 0 Å². The van der Waals surface area contributed by atoms with Crippen LogP contribution in [0.2, 0.25) is 5.15 Å². The Morgan fingerprint density at radius 1 is 1.75 bits per heavy atom. The number of hydrogen-bond acceptors (Lipinski definition) is 2. The molecule has 1 aromatic rings. The highest BCUT2D eigenvalue weighted by molar-refractivity contribution is 6.29. The molecular weight excluding hydrogens is 176 g/mol. The minimum atomic E-state index is -0.458. The summed E-state index contributed by atoms with van der Waals surface area (Å²) < 4.78 is 1.74. The smallest absolute Gasteiger partial charge is 0.133 e. The molecule has 0 fully saturated rings. The quantitative estimate of drug-likeness (QED) is 0.760. The van der Waals surface area contributed by atoms with Crippen LogP contribution in [0, 0.1) is 0 Å². The van der Waals surface area contributed by atoms with E-state index in [9.17, 15) is 0 Å². The molecule has 12 heavy (non-hydrogen) atoms. The third kappa shape index (κ3) is 2.09. The van der Waals surface area contributed by atoms with Crippen molar-refractivity contribution in [2.24, 2.45) is 7.05 Å². The molecule has 0 aliphatic heterocycles. The van der Waals surface area contributed by atoms with Gasteiger partial charge in [-0.15, -0.1) is 0 Å². The Bertz CT molecular complexity index is 291. The van der Waals surface area contributed by atoms with Crippen LogP contribution in [0.5, 0.6) is 0 Å². The topological polar surface area (TPSA) is 38.1 Å². The summed E-state index contributed by atoms with van der Waals surface area (Å²) in [5.41, 5.74) is 0. The van der Waals surface area contributed by atoms with Crippen molar-refractivity contribution >= 4 is 17.7 Å². The number of rotatable bonds is 2. The van der Waals surface area contributed by atoms with E-state index < -0.39 is 6.10 Å². The van der Waals surface area contributed by atoms with Gasteiger partial charge in [0.05, 0.1) is 12.3 Å². The third-order valence-electron chi connectivity index (χ3n) is 1.49. The molecule has 1 aromatic heterocycles. The first-order chi connectivity index (χ1) is 5.61. The molecule has 1 rings (SSSR count). The number of halogens is 1. The third-order valence-corrected chi connectivity index (χ3v) is 1.84. The molecule has 0 aromatic carbocycles. The lowest BCUT2D eigenvalue weighted by molar-refractivity contribution is 0.245. The van der Waals surface area contributed by atoms with Crippen LogP contribution in [-0.2, 0) is 7.05 Å². The molecule has 66 valence electrons. The first-order valence-electron chi connectivity index (χ1n) is 3.64. The van der Waals surface area contributed by atoms with Crippen LogP contribution in [-0.4, -0.2) is 20.8 Å². The SMILES string of the molecule is CC(O)/C=C/c1ncc(Cl)n1C. The Kier molecular flexibility index (Phi) is 2.89. The number of aliphatic hydroxyl groups excluding tert-OH is 1. The molecule has 0 aliphatic rings. The molecule has 1 heterocycles. The monoisotopic (exact) mass is 186 g/mol. The van der Waals surface area contributed by atoms with E-state index in [1.807, 2.05) is 7.05 Å². The zero-order chi connectivity index (χ0) is 9.14. The summed E-state index contributed by atoms with van der Waals surface area (Å²) >= 11 is 5.75. The summed E-state index contributed by atoms with van der Waals surface area (Å²) in [6.07, 6.45) is 4.50. The van der Waals surface area contributed by atoms with E-state index in [2.05, 4.69) is 4.98 Å². The van der Waals surface area contributed by atoms with Gasteiger partial charge in [0.15, 0.2) is 0 Å². The predicted molar refractivity (Wildman–Crippen MR) is 48.9 cm³/mol. The van der Waals surface area contributed by atoms with Gasteiger partial charge < -0.3 is 9.67 Å². The second-order valence-corrected chi connectivity index (χ2v) is 2.99. The van der Waals surface area contributed by atoms with Gasteiger partial charge in [0.25, 0.3) is 0 Å². The van der Waals surface area contributed by atoms with Crippen molar-refractivity contribution in [3.63, 3.8) is 0 Å². The lowest BCUT2D eigenvalue weighted by Crippen LogP contribution is -1.95. The Labute approximate surface area is 76.3 Å². The van der Waals surface area contributed by atoms with Crippen LogP contribution in [0.25, 0.3) is 6.08 Å². The molecule has 0 amide bonds. The number of nitrogens with zero attached hydrogens (tertiary/aromatic N) is 2. The fourth-order valence-corrected chi connectivity index (χ4v) is 0.918. The maximum Gasteiger partial charge on any atom is 0.133 e. The van der Waals surface area contributed by atoms with Gasteiger partial charge in [0.2, 0.25) is 0 Å². The number of aliphatic hydroxyl groups is 1. The molecule has 0 bridgehead atoms. The maximum atomic E-state index is 8.95. The van der Waals surface area contributed by atoms with Crippen LogP contribution in [0.4, 0.5) is 0 Å². The summed E-state index contributed by atoms with van der Waals surface area (Å²) in [6, 6.07) is 0. The second-order valence-electron chi connectivity index (χ2n) is 2.60. The molecule has 0 spiro atoms. The minimum absolute atomic E-state index is 0.458. The fraction of sp³-hybridized carbons (Fsp3) is 0.375. The van der Waals surface area contributed by atoms with Crippen LogP contribution in [0.1, 0.15) is 12.7 Å². The first kappa shape index (κ1) is 9.29. The van der Waals surface area contributed by atoms with Crippen LogP contribution >= 0.6 is 11.6 Å². The normalized spacial score (nSPS) is 14.0. The van der Waals surface area contributed by atoms with Crippen LogP contribution in [0.3, 0.4) is 0 Å². The van der Waals surface area contributed by atoms with Crippen molar-refractivity contribution in [2.75, 3.05) is 0 Å². The summed E-state index contributed by atoms with van der Waals surface area (Å²) in [6.45, 7) is 1.68. The second kappa shape index (κ2) is 3.74. The van der Waals surface area contributed by atoms with E-state index in [0.29, 0.717) is 5.15 Å². The van der Waals surface area contributed by atoms with E-state index in [-0.39, 0.29) is 0 Å². The van der Waals surface area contributed by atoms with Gasteiger partial charge in [0.1, 0.15) is 11.0 Å². The number of imidazole rings is 1. The van der Waals surface area contributed by atoms with Gasteiger partial charge in [0, 0.05) is 7.05 Å². The molecular formula is C8H11ClN2O. The molecule has 1 unspecified atom stereocenters. The van der Waals surface area contributed by atoms with Crippen molar-refractivity contribution in [2.45, 2.75) is 13.0 Å². The van der Waals surface area contributed by atoms with E-state index in [4.69, 9.17) is 16.7 Å². The van der Waals surface area contributed by atoms with Gasteiger partial charge in [-0.1, -0.05) is 17.7 Å². The summed E-state index contributed by atoms with van der Waals surface area (Å²) in [5.74, 6) is 0.737. The molecule has 1 N–H and O–H groups in total. The Balaban J connectivity index is 2.83. The van der Waals surface area contributed by atoms with Gasteiger partial charge >= 0.3 is 0 Å². The molecule has 3 nitrogen and oxygen atoms in total. The van der Waals surface area contributed by atoms with Crippen molar-refractivity contribution in [3.8, 4) is 0 Å². The summed E-state index contributed by atoms with van der Waals surface area (Å²) in [7, 11) is 1.82. The molecule has 0 radical (unpaired) electrons. The highest BCUT2D eigenvalue weighted by atomic mass is 35.5. The predicted octanol–water partition coefficient (Wildman–Crippen LogP) is 1.47. The zero-order valence-corrected chi connectivity index (χ0v) is 7.78. The van der Waals surface area contributed by atoms with Gasteiger partial charge in [-0.05, 0) is 13.0 Å². The Morgan fingerprint density at radius 3 is 2.83 bits per heavy atom. The summed E-state index contributed by atoms with van der Waals surface area (Å²) in [5, 5.41) is 9.54. The summed E-state index contributed by atoms with van der Waals surface area (Å²) in [4.78, 5) is 4.02. The van der Waals surface area contributed by atoms with E-state index in [1.165, 1.54) is 0 Å². The molecule has 4 heteroatoms. The van der Waals surface area contributed by atoms with E-state index in [0.717, 1.165) is 5.82 Å². The molecule has 0 aliphatic carbocycles. The zero-order valence-electron chi connectivity index (χ0n) is 7.03. The van der Waals surface area contributed by atoms with Crippen molar-refractivity contribution < 1.29 is 5.11 Å². The van der Waals surface area contributed by atoms with Gasteiger partial charge in [-0.25, -0.2) is 4.98 Å². The van der Waals surface area contributed by atoms with Crippen LogP contribution < -0.4 is 0 Å². The Hall–Kier alpha value is -0.800. The lowest BCUT2D eigenvalue weighted by Gasteiger charge is -1.96. The average Bonchev–Trinajstić information content (AvgIpc) is 2.30. The fourth-order valence-electron chi connectivity index (χ4n) is 0.782. The minimum Gasteiger partial charge on any atom is -0.389 e. The highest BCUT2D eigenvalue weighted by Crippen LogP contribution is 2.10. The average molecular weight is 187 g/mol. The number of hydrogen-bond donors (Lipinski definition) is 1. The van der Waals surface area contributed by atoms with Gasteiger partial charge in [-0.2, -0.15) is 0 Å². The maximum absolute atomic E-state index is 8.95. The first-order valence-corrected chi connectivity index (χ1v) is 4.02. The molecule has 0 saturated carbocycles. The van der Waals surface area contributed by atoms with Crippen molar-refractivity contribution in [1.82, 2.24) is 9.55 Å². The standard InChI is InChI=1S/C8H11ClN2O/c1-6(12)3-4-8-10-5-7(9)11(8)2/h3-6,12H,1-2H3/b4-3+. The lowest BCUT2D eigenvalue weighted by atomic mass is 10.3. The molecule has 1 atom stereocenters. The van der Waals surface area contributed by atoms with E-state index in [1.54, 1.807) is 29.8 Å². The number of aromatic nitrogens is 2. The largest absolute Gasteiger partial charge is 0.389 e. The molecule has 0 saturated heterocycles.